The summed E-state index contributed by atoms with van der Waals surface area (Å²) >= 11 is 0. The highest BCUT2D eigenvalue weighted by Gasteiger charge is 2.18. The molecule has 6 nitrogen and oxygen atoms in total. The van der Waals surface area contributed by atoms with Gasteiger partial charge in [-0.05, 0) is 60.0 Å². The second-order valence-corrected chi connectivity index (χ2v) is 7.45. The minimum Gasteiger partial charge on any atom is -0.465 e. The first-order valence-electron chi connectivity index (χ1n) is 10.3. The van der Waals surface area contributed by atoms with Crippen LogP contribution in [0.4, 0.5) is 5.69 Å². The van der Waals surface area contributed by atoms with Crippen molar-refractivity contribution in [2.24, 2.45) is 0 Å². The van der Waals surface area contributed by atoms with Crippen LogP contribution >= 0.6 is 0 Å². The van der Waals surface area contributed by atoms with Crippen LogP contribution in [0.3, 0.4) is 0 Å². The van der Waals surface area contributed by atoms with Gasteiger partial charge < -0.3 is 15.0 Å². The maximum Gasteiger partial charge on any atom is 0.339 e. The van der Waals surface area contributed by atoms with Gasteiger partial charge in [0.2, 0.25) is 5.91 Å². The van der Waals surface area contributed by atoms with Gasteiger partial charge >= 0.3 is 5.97 Å². The third-order valence-corrected chi connectivity index (χ3v) is 5.30. The summed E-state index contributed by atoms with van der Waals surface area (Å²) in [5, 5.41) is 4.93. The number of hydrogen-bond acceptors (Lipinski definition) is 4. The van der Waals surface area contributed by atoms with Crippen LogP contribution in [0.25, 0.3) is 16.3 Å². The molecule has 3 aromatic rings. The van der Waals surface area contributed by atoms with Crippen molar-refractivity contribution in [2.45, 2.75) is 13.8 Å². The number of ether oxygens (including phenoxy) is 1. The number of hydrogen-bond donors (Lipinski definition) is 1. The number of anilines is 1. The predicted molar refractivity (Wildman–Crippen MR) is 127 cm³/mol. The Bertz CT molecular complexity index is 1210. The molecule has 0 spiro atoms. The average Bonchev–Trinajstić information content (AvgIpc) is 2.82. The minimum absolute atomic E-state index is 0.174. The van der Waals surface area contributed by atoms with Crippen molar-refractivity contribution < 1.29 is 19.1 Å². The summed E-state index contributed by atoms with van der Waals surface area (Å²) in [6, 6.07) is 18.5. The summed E-state index contributed by atoms with van der Waals surface area (Å²) in [5.74, 6) is -1.21. The van der Waals surface area contributed by atoms with Crippen LogP contribution in [-0.4, -0.2) is 43.4 Å². The second-order valence-electron chi connectivity index (χ2n) is 7.45. The van der Waals surface area contributed by atoms with Crippen LogP contribution in [0.2, 0.25) is 0 Å². The molecule has 0 radical (unpaired) electrons. The molecule has 164 valence electrons. The monoisotopic (exact) mass is 430 g/mol. The van der Waals surface area contributed by atoms with Gasteiger partial charge in [-0.3, -0.25) is 9.59 Å². The summed E-state index contributed by atoms with van der Waals surface area (Å²) in [4.78, 5) is 39.0. The van der Waals surface area contributed by atoms with E-state index in [1.54, 1.807) is 18.0 Å². The fraction of sp³-hybridized carbons (Fsp3) is 0.192. The molecule has 3 aromatic carbocycles. The number of carbonyl (C=O) groups is 3. The zero-order chi connectivity index (χ0) is 23.3. The van der Waals surface area contributed by atoms with Crippen LogP contribution in [0.5, 0.6) is 0 Å². The molecule has 2 amide bonds. The number of nitrogens with one attached hydrogen (secondary N) is 1. The molecule has 0 saturated carbocycles. The molecule has 0 fully saturated rings. The quantitative estimate of drug-likeness (QED) is 0.452. The Morgan fingerprint density at radius 3 is 2.34 bits per heavy atom. The van der Waals surface area contributed by atoms with Crippen molar-refractivity contribution in [3.05, 3.63) is 83.4 Å². The van der Waals surface area contributed by atoms with E-state index >= 15 is 0 Å². The maximum atomic E-state index is 12.8. The zero-order valence-corrected chi connectivity index (χ0v) is 18.6. The molecule has 0 bridgehead atoms. The Morgan fingerprint density at radius 2 is 1.66 bits per heavy atom. The fourth-order valence-electron chi connectivity index (χ4n) is 3.32. The van der Waals surface area contributed by atoms with Crippen LogP contribution in [0.15, 0.2) is 66.7 Å². The van der Waals surface area contributed by atoms with Gasteiger partial charge in [0.15, 0.2) is 0 Å². The van der Waals surface area contributed by atoms with E-state index in [0.29, 0.717) is 12.1 Å². The molecule has 6 heteroatoms. The SMILES string of the molecule is CCN(C)C(=O)c1ccc(C(=O)OC)c(NC(=O)/C=C(/C)c2ccc3ccccc3c2)c1. The summed E-state index contributed by atoms with van der Waals surface area (Å²) in [6.07, 6.45) is 1.47. The number of benzene rings is 3. The van der Waals surface area contributed by atoms with E-state index in [1.165, 1.54) is 25.3 Å². The smallest absolute Gasteiger partial charge is 0.339 e. The summed E-state index contributed by atoms with van der Waals surface area (Å²) in [6.45, 7) is 4.25. The standard InChI is InChI=1S/C26H26N2O4/c1-5-28(3)25(30)21-12-13-22(26(31)32-4)23(16-21)27-24(29)14-17(2)19-11-10-18-8-6-7-9-20(18)15-19/h6-16H,5H2,1-4H3,(H,27,29)/b17-14-. The average molecular weight is 431 g/mol. The van der Waals surface area contributed by atoms with E-state index in [9.17, 15) is 14.4 Å². The van der Waals surface area contributed by atoms with Crippen LogP contribution in [0.1, 0.15) is 40.1 Å². The Morgan fingerprint density at radius 1 is 0.969 bits per heavy atom. The van der Waals surface area contributed by atoms with Gasteiger partial charge in [-0.25, -0.2) is 4.79 Å². The fourth-order valence-corrected chi connectivity index (χ4v) is 3.32. The molecule has 0 saturated heterocycles. The number of rotatable bonds is 6. The van der Waals surface area contributed by atoms with Crippen LogP contribution < -0.4 is 5.32 Å². The van der Waals surface area contributed by atoms with Gasteiger partial charge in [-0.2, -0.15) is 0 Å². The third kappa shape index (κ3) is 5.03. The van der Waals surface area contributed by atoms with Gasteiger partial charge in [0, 0.05) is 25.2 Å². The second kappa shape index (κ2) is 9.92. The van der Waals surface area contributed by atoms with Crippen molar-refractivity contribution in [3.63, 3.8) is 0 Å². The molecule has 32 heavy (non-hydrogen) atoms. The van der Waals surface area contributed by atoms with E-state index < -0.39 is 11.9 Å². The highest BCUT2D eigenvalue weighted by molar-refractivity contribution is 6.09. The molecule has 0 unspecified atom stereocenters. The van der Waals surface area contributed by atoms with E-state index in [1.807, 2.05) is 56.3 Å². The Balaban J connectivity index is 1.90. The summed E-state index contributed by atoms with van der Waals surface area (Å²) in [7, 11) is 2.95. The minimum atomic E-state index is -0.599. The maximum absolute atomic E-state index is 12.8. The van der Waals surface area contributed by atoms with Gasteiger partial charge in [-0.1, -0.05) is 36.4 Å². The highest BCUT2D eigenvalue weighted by atomic mass is 16.5. The first-order valence-corrected chi connectivity index (χ1v) is 10.3. The lowest BCUT2D eigenvalue weighted by Gasteiger charge is -2.16. The number of esters is 1. The molecule has 0 atom stereocenters. The highest BCUT2D eigenvalue weighted by Crippen LogP contribution is 2.23. The lowest BCUT2D eigenvalue weighted by atomic mass is 10.0. The number of carbonyl (C=O) groups excluding carboxylic acids is 3. The number of methoxy groups -OCH3 is 1. The number of allylic oxidation sites excluding steroid dienone is 1. The first-order chi connectivity index (χ1) is 15.3. The Labute approximate surface area is 187 Å². The molecule has 0 heterocycles. The number of fused-ring (bicyclic) bond motifs is 1. The molecule has 0 aliphatic carbocycles. The first kappa shape index (κ1) is 22.7. The predicted octanol–water partition coefficient (Wildman–Crippen LogP) is 4.76. The molecule has 1 N–H and O–H groups in total. The van der Waals surface area contributed by atoms with Crippen molar-refractivity contribution >= 4 is 39.8 Å². The van der Waals surface area contributed by atoms with Crippen LogP contribution in [0, 0.1) is 0 Å². The van der Waals surface area contributed by atoms with Crippen LogP contribution in [-0.2, 0) is 9.53 Å². The zero-order valence-electron chi connectivity index (χ0n) is 18.6. The van der Waals surface area contributed by atoms with Gasteiger partial charge in [0.1, 0.15) is 0 Å². The van der Waals surface area contributed by atoms with Gasteiger partial charge in [-0.15, -0.1) is 0 Å². The summed E-state index contributed by atoms with van der Waals surface area (Å²) in [5.41, 5.74) is 2.45. The lowest BCUT2D eigenvalue weighted by Crippen LogP contribution is -2.26. The molecular weight excluding hydrogens is 404 g/mol. The summed E-state index contributed by atoms with van der Waals surface area (Å²) < 4.78 is 4.82. The largest absolute Gasteiger partial charge is 0.465 e. The van der Waals surface area contributed by atoms with E-state index in [0.717, 1.165) is 21.9 Å². The topological polar surface area (TPSA) is 75.7 Å². The van der Waals surface area contributed by atoms with Gasteiger partial charge in [0.25, 0.3) is 5.91 Å². The molecule has 0 aliphatic heterocycles. The Hall–Kier alpha value is -3.93. The van der Waals surface area contributed by atoms with Crippen molar-refractivity contribution in [1.82, 2.24) is 4.90 Å². The third-order valence-electron chi connectivity index (χ3n) is 5.30. The molecule has 3 rings (SSSR count). The lowest BCUT2D eigenvalue weighted by molar-refractivity contribution is -0.111. The van der Waals surface area contributed by atoms with E-state index in [4.69, 9.17) is 4.74 Å². The van der Waals surface area contributed by atoms with Crippen molar-refractivity contribution in [1.29, 1.82) is 0 Å². The number of nitrogens with zero attached hydrogens (tertiary/aromatic N) is 1. The Kier molecular flexibility index (Phi) is 7.05. The van der Waals surface area contributed by atoms with E-state index in [2.05, 4.69) is 5.32 Å². The van der Waals surface area contributed by atoms with Crippen molar-refractivity contribution in [3.8, 4) is 0 Å². The van der Waals surface area contributed by atoms with Gasteiger partial charge in [0.05, 0.1) is 18.4 Å². The molecule has 0 aromatic heterocycles. The van der Waals surface area contributed by atoms with E-state index in [-0.39, 0.29) is 17.2 Å². The number of amides is 2. The molecule has 0 aliphatic rings. The van der Waals surface area contributed by atoms with Crippen molar-refractivity contribution in [2.75, 3.05) is 26.0 Å². The molecular formula is C26H26N2O4. The normalized spacial score (nSPS) is 11.2.